The van der Waals surface area contributed by atoms with Crippen LogP contribution in [0.15, 0.2) is 11.6 Å². The van der Waals surface area contributed by atoms with Crippen molar-refractivity contribution < 1.29 is 4.74 Å². The van der Waals surface area contributed by atoms with E-state index in [0.29, 0.717) is 18.4 Å². The van der Waals surface area contributed by atoms with E-state index in [4.69, 9.17) is 10.5 Å². The van der Waals surface area contributed by atoms with Crippen LogP contribution in [0.4, 0.5) is 0 Å². The molecule has 0 amide bonds. The molecule has 0 radical (unpaired) electrons. The fraction of sp³-hybridized carbons (Fsp3) is 0.727. The SMILES string of the molecule is NCC1CCCC1COCc1nccs1. The van der Waals surface area contributed by atoms with Crippen molar-refractivity contribution in [2.24, 2.45) is 17.6 Å². The molecule has 2 atom stereocenters. The van der Waals surface area contributed by atoms with Gasteiger partial charge in [0, 0.05) is 11.6 Å². The summed E-state index contributed by atoms with van der Waals surface area (Å²) in [7, 11) is 0. The summed E-state index contributed by atoms with van der Waals surface area (Å²) in [4.78, 5) is 4.19. The summed E-state index contributed by atoms with van der Waals surface area (Å²) in [6, 6.07) is 0. The van der Waals surface area contributed by atoms with Crippen LogP contribution < -0.4 is 5.73 Å². The third-order valence-corrected chi connectivity index (χ3v) is 3.91. The highest BCUT2D eigenvalue weighted by atomic mass is 32.1. The highest BCUT2D eigenvalue weighted by Crippen LogP contribution is 2.31. The molecule has 1 saturated carbocycles. The summed E-state index contributed by atoms with van der Waals surface area (Å²) in [5.41, 5.74) is 5.72. The molecule has 0 aliphatic heterocycles. The first kappa shape index (κ1) is 11.0. The lowest BCUT2D eigenvalue weighted by atomic mass is 9.97. The summed E-state index contributed by atoms with van der Waals surface area (Å²) < 4.78 is 5.69. The van der Waals surface area contributed by atoms with Gasteiger partial charge in [-0.15, -0.1) is 11.3 Å². The summed E-state index contributed by atoms with van der Waals surface area (Å²) in [5.74, 6) is 1.36. The fourth-order valence-corrected chi connectivity index (χ4v) is 2.82. The molecule has 4 heteroatoms. The zero-order valence-corrected chi connectivity index (χ0v) is 9.71. The van der Waals surface area contributed by atoms with Gasteiger partial charge in [-0.05, 0) is 31.2 Å². The summed E-state index contributed by atoms with van der Waals surface area (Å²) in [6.07, 6.45) is 5.69. The maximum absolute atomic E-state index is 5.72. The number of nitrogens with two attached hydrogens (primary N) is 1. The van der Waals surface area contributed by atoms with Crippen LogP contribution in [0.3, 0.4) is 0 Å². The van der Waals surface area contributed by atoms with Crippen molar-refractivity contribution in [1.82, 2.24) is 4.98 Å². The number of aromatic nitrogens is 1. The second kappa shape index (κ2) is 5.58. The second-order valence-corrected chi connectivity index (χ2v) is 5.11. The third kappa shape index (κ3) is 3.00. The van der Waals surface area contributed by atoms with Crippen molar-refractivity contribution in [2.45, 2.75) is 25.9 Å². The molecule has 3 nitrogen and oxygen atoms in total. The van der Waals surface area contributed by atoms with E-state index in [0.717, 1.165) is 18.2 Å². The number of thiazole rings is 1. The molecule has 2 unspecified atom stereocenters. The predicted molar refractivity (Wildman–Crippen MR) is 61.7 cm³/mol. The molecule has 0 bridgehead atoms. The van der Waals surface area contributed by atoms with E-state index in [1.54, 1.807) is 11.3 Å². The van der Waals surface area contributed by atoms with Gasteiger partial charge >= 0.3 is 0 Å². The lowest BCUT2D eigenvalue weighted by molar-refractivity contribution is 0.0752. The van der Waals surface area contributed by atoms with Gasteiger partial charge in [0.15, 0.2) is 0 Å². The first-order chi connectivity index (χ1) is 7.40. The Morgan fingerprint density at radius 2 is 2.33 bits per heavy atom. The normalized spacial score (nSPS) is 25.9. The van der Waals surface area contributed by atoms with Gasteiger partial charge in [-0.25, -0.2) is 4.98 Å². The van der Waals surface area contributed by atoms with Gasteiger partial charge in [0.2, 0.25) is 0 Å². The number of nitrogens with zero attached hydrogens (tertiary/aromatic N) is 1. The van der Waals surface area contributed by atoms with E-state index in [9.17, 15) is 0 Å². The van der Waals surface area contributed by atoms with Crippen LogP contribution in [0.5, 0.6) is 0 Å². The number of rotatable bonds is 5. The largest absolute Gasteiger partial charge is 0.374 e. The number of hydrogen-bond donors (Lipinski definition) is 1. The van der Waals surface area contributed by atoms with Crippen molar-refractivity contribution >= 4 is 11.3 Å². The van der Waals surface area contributed by atoms with E-state index < -0.39 is 0 Å². The lowest BCUT2D eigenvalue weighted by Gasteiger charge is -2.17. The van der Waals surface area contributed by atoms with Crippen molar-refractivity contribution in [3.8, 4) is 0 Å². The molecular formula is C11H18N2OS. The second-order valence-electron chi connectivity index (χ2n) is 4.13. The van der Waals surface area contributed by atoms with Gasteiger partial charge in [0.25, 0.3) is 0 Å². The third-order valence-electron chi connectivity index (χ3n) is 3.16. The Balaban J connectivity index is 1.69. The quantitative estimate of drug-likeness (QED) is 0.835. The molecule has 1 aromatic heterocycles. The van der Waals surface area contributed by atoms with E-state index >= 15 is 0 Å². The lowest BCUT2D eigenvalue weighted by Crippen LogP contribution is -2.22. The molecule has 84 valence electrons. The number of ether oxygens (including phenoxy) is 1. The standard InChI is InChI=1S/C11H18N2OS/c12-6-9-2-1-3-10(9)7-14-8-11-13-4-5-15-11/h4-5,9-10H,1-3,6-8,12H2. The van der Waals surface area contributed by atoms with Crippen molar-refractivity contribution in [3.63, 3.8) is 0 Å². The molecule has 0 spiro atoms. The van der Waals surface area contributed by atoms with Crippen molar-refractivity contribution in [1.29, 1.82) is 0 Å². The van der Waals surface area contributed by atoms with E-state index in [1.165, 1.54) is 19.3 Å². The van der Waals surface area contributed by atoms with Gasteiger partial charge in [0.05, 0.1) is 13.2 Å². The average molecular weight is 226 g/mol. The average Bonchev–Trinajstić information content (AvgIpc) is 2.88. The van der Waals surface area contributed by atoms with Gasteiger partial charge in [-0.3, -0.25) is 0 Å². The van der Waals surface area contributed by atoms with Gasteiger partial charge in [0.1, 0.15) is 5.01 Å². The highest BCUT2D eigenvalue weighted by molar-refractivity contribution is 7.09. The molecule has 1 fully saturated rings. The molecule has 15 heavy (non-hydrogen) atoms. The summed E-state index contributed by atoms with van der Waals surface area (Å²) >= 11 is 1.65. The molecule has 2 N–H and O–H groups in total. The maximum atomic E-state index is 5.72. The topological polar surface area (TPSA) is 48.1 Å². The Bertz CT molecular complexity index is 276. The van der Waals surface area contributed by atoms with Gasteiger partial charge in [-0.2, -0.15) is 0 Å². The van der Waals surface area contributed by atoms with Crippen LogP contribution in [0.25, 0.3) is 0 Å². The Kier molecular flexibility index (Phi) is 4.11. The summed E-state index contributed by atoms with van der Waals surface area (Å²) in [6.45, 7) is 2.32. The van der Waals surface area contributed by atoms with Crippen LogP contribution in [0.2, 0.25) is 0 Å². The zero-order valence-electron chi connectivity index (χ0n) is 8.89. The Morgan fingerprint density at radius 3 is 3.07 bits per heavy atom. The monoisotopic (exact) mass is 226 g/mol. The molecular weight excluding hydrogens is 208 g/mol. The molecule has 1 aliphatic carbocycles. The first-order valence-corrected chi connectivity index (χ1v) is 6.44. The molecule has 0 saturated heterocycles. The molecule has 1 aliphatic rings. The molecule has 0 aromatic carbocycles. The van der Waals surface area contributed by atoms with Crippen molar-refractivity contribution in [2.75, 3.05) is 13.2 Å². The molecule has 1 aromatic rings. The maximum Gasteiger partial charge on any atom is 0.118 e. The first-order valence-electron chi connectivity index (χ1n) is 5.56. The minimum absolute atomic E-state index is 0.658. The predicted octanol–water partition coefficient (Wildman–Crippen LogP) is 2.03. The fourth-order valence-electron chi connectivity index (χ4n) is 2.27. The Labute approximate surface area is 94.7 Å². The van der Waals surface area contributed by atoms with Crippen LogP contribution in [0.1, 0.15) is 24.3 Å². The van der Waals surface area contributed by atoms with Crippen LogP contribution in [-0.4, -0.2) is 18.1 Å². The smallest absolute Gasteiger partial charge is 0.118 e. The minimum Gasteiger partial charge on any atom is -0.374 e. The molecule has 1 heterocycles. The number of hydrogen-bond acceptors (Lipinski definition) is 4. The van der Waals surface area contributed by atoms with E-state index in [1.807, 2.05) is 11.6 Å². The van der Waals surface area contributed by atoms with Crippen LogP contribution in [0, 0.1) is 11.8 Å². The highest BCUT2D eigenvalue weighted by Gasteiger charge is 2.25. The van der Waals surface area contributed by atoms with Gasteiger partial charge < -0.3 is 10.5 Å². The molecule has 2 rings (SSSR count). The van der Waals surface area contributed by atoms with Crippen LogP contribution >= 0.6 is 11.3 Å². The zero-order chi connectivity index (χ0) is 10.5. The Morgan fingerprint density at radius 1 is 1.47 bits per heavy atom. The Hall–Kier alpha value is -0.450. The van der Waals surface area contributed by atoms with Gasteiger partial charge in [-0.1, -0.05) is 6.42 Å². The van der Waals surface area contributed by atoms with Crippen LogP contribution in [-0.2, 0) is 11.3 Å². The van der Waals surface area contributed by atoms with E-state index in [2.05, 4.69) is 4.98 Å². The summed E-state index contributed by atoms with van der Waals surface area (Å²) in [5, 5.41) is 3.05. The van der Waals surface area contributed by atoms with Crippen molar-refractivity contribution in [3.05, 3.63) is 16.6 Å². The minimum atomic E-state index is 0.658. The van der Waals surface area contributed by atoms with E-state index in [-0.39, 0.29) is 0 Å².